The van der Waals surface area contributed by atoms with Gasteiger partial charge in [-0.2, -0.15) is 0 Å². The first kappa shape index (κ1) is 33.8. The van der Waals surface area contributed by atoms with Gasteiger partial charge in [-0.05, 0) is 47.0 Å². The number of methoxy groups -OCH3 is 1. The summed E-state index contributed by atoms with van der Waals surface area (Å²) in [5.41, 5.74) is 2.76. The molecule has 12 nitrogen and oxygen atoms in total. The van der Waals surface area contributed by atoms with Crippen LogP contribution in [-0.2, 0) is 11.3 Å². The Kier molecular flexibility index (Phi) is 10.8. The number of carbonyl (C=O) groups excluding carboxylic acids is 1. The Morgan fingerprint density at radius 1 is 0.958 bits per heavy atom. The zero-order valence-electron chi connectivity index (χ0n) is 25.7. The van der Waals surface area contributed by atoms with Gasteiger partial charge in [-0.1, -0.05) is 60.1 Å². The normalized spacial score (nSPS) is 12.2. The standard InChI is InChI=1S/C35H33ClN4O8/c1-47-30-16-27(26(36)15-22(30)17-37-18-29(42)24-10-12-28(41)34-25(24)11-13-31(43)39-34)38-32(44)19-48-23-9-5-8-21(14-23)33(40-35(45)46)20-6-3-2-4-7-20/h2-16,29,33,37,40-42H,17-19H2,1H3,(H,38,44)(H,39,43)(H,45,46)/t29-,33?/m1/s1. The molecular formula is C35H33ClN4O8. The maximum atomic E-state index is 12.8. The van der Waals surface area contributed by atoms with Crippen molar-refractivity contribution in [1.82, 2.24) is 15.6 Å². The highest BCUT2D eigenvalue weighted by Crippen LogP contribution is 2.32. The number of H-pyrrole nitrogens is 1. The number of phenols is 1. The van der Waals surface area contributed by atoms with E-state index in [1.165, 1.54) is 19.2 Å². The van der Waals surface area contributed by atoms with Gasteiger partial charge in [0.1, 0.15) is 17.2 Å². The molecule has 5 rings (SSSR count). The largest absolute Gasteiger partial charge is 0.506 e. The first-order valence-electron chi connectivity index (χ1n) is 14.8. The fraction of sp³-hybridized carbons (Fsp3) is 0.171. The van der Waals surface area contributed by atoms with Gasteiger partial charge in [0.15, 0.2) is 6.61 Å². The SMILES string of the molecule is COc1cc(NC(=O)COc2cccc(C(NC(=O)O)c3ccccc3)c2)c(Cl)cc1CNC[C@@H](O)c1ccc(O)c2[nH]c(=O)ccc12. The second-order valence-electron chi connectivity index (χ2n) is 10.8. The van der Waals surface area contributed by atoms with Gasteiger partial charge in [0.05, 0.1) is 35.5 Å². The Hall–Kier alpha value is -5.56. The Morgan fingerprint density at radius 2 is 1.73 bits per heavy atom. The molecule has 1 unspecified atom stereocenters. The van der Waals surface area contributed by atoms with Crippen molar-refractivity contribution in [2.75, 3.05) is 25.6 Å². The highest BCUT2D eigenvalue weighted by Gasteiger charge is 2.18. The quantitative estimate of drug-likeness (QED) is 0.0896. The Bertz CT molecular complexity index is 1990. The zero-order chi connectivity index (χ0) is 34.2. The van der Waals surface area contributed by atoms with Gasteiger partial charge in [0, 0.05) is 36.2 Å². The lowest BCUT2D eigenvalue weighted by atomic mass is 9.99. The molecule has 0 aliphatic heterocycles. The van der Waals surface area contributed by atoms with Gasteiger partial charge in [-0.25, -0.2) is 4.79 Å². The van der Waals surface area contributed by atoms with Crippen LogP contribution in [0.15, 0.2) is 95.8 Å². The van der Waals surface area contributed by atoms with E-state index in [0.717, 1.165) is 5.56 Å². The third-order valence-corrected chi connectivity index (χ3v) is 7.84. The first-order valence-corrected chi connectivity index (χ1v) is 15.2. The van der Waals surface area contributed by atoms with Crippen LogP contribution in [0.4, 0.5) is 10.5 Å². The predicted octanol–water partition coefficient (Wildman–Crippen LogP) is 5.09. The van der Waals surface area contributed by atoms with Crippen molar-refractivity contribution in [1.29, 1.82) is 0 Å². The van der Waals surface area contributed by atoms with Gasteiger partial charge >= 0.3 is 6.09 Å². The summed E-state index contributed by atoms with van der Waals surface area (Å²) in [5, 5.41) is 39.5. The second kappa shape index (κ2) is 15.4. The van der Waals surface area contributed by atoms with E-state index in [1.807, 2.05) is 30.3 Å². The molecule has 0 spiro atoms. The van der Waals surface area contributed by atoms with Crippen LogP contribution < -0.4 is 31.0 Å². The zero-order valence-corrected chi connectivity index (χ0v) is 26.5. The summed E-state index contributed by atoms with van der Waals surface area (Å²) in [6.45, 7) is 0.0575. The number of nitrogens with one attached hydrogen (secondary N) is 4. The molecule has 248 valence electrons. The number of halogens is 1. The molecule has 0 bridgehead atoms. The van der Waals surface area contributed by atoms with E-state index in [2.05, 4.69) is 20.9 Å². The maximum absolute atomic E-state index is 12.8. The van der Waals surface area contributed by atoms with E-state index in [0.29, 0.717) is 39.3 Å². The predicted molar refractivity (Wildman–Crippen MR) is 181 cm³/mol. The molecule has 5 aromatic rings. The summed E-state index contributed by atoms with van der Waals surface area (Å²) < 4.78 is 11.2. The summed E-state index contributed by atoms with van der Waals surface area (Å²) in [5.74, 6) is 0.234. The molecule has 2 atom stereocenters. The number of carbonyl (C=O) groups is 2. The number of pyridine rings is 1. The topological polar surface area (TPSA) is 182 Å². The van der Waals surface area contributed by atoms with Gasteiger partial charge in [0.25, 0.3) is 5.91 Å². The highest BCUT2D eigenvalue weighted by molar-refractivity contribution is 6.33. The minimum atomic E-state index is -1.18. The van der Waals surface area contributed by atoms with Crippen LogP contribution in [0.25, 0.3) is 10.9 Å². The number of aromatic hydroxyl groups is 1. The van der Waals surface area contributed by atoms with Crippen LogP contribution in [0.1, 0.15) is 34.4 Å². The average molecular weight is 673 g/mol. The number of aliphatic hydroxyl groups excluding tert-OH is 1. The average Bonchev–Trinajstić information content (AvgIpc) is 3.08. The molecule has 48 heavy (non-hydrogen) atoms. The Morgan fingerprint density at radius 3 is 2.48 bits per heavy atom. The van der Waals surface area contributed by atoms with Crippen molar-refractivity contribution >= 4 is 40.2 Å². The van der Waals surface area contributed by atoms with Crippen molar-refractivity contribution in [3.8, 4) is 17.2 Å². The van der Waals surface area contributed by atoms with Crippen LogP contribution in [0.5, 0.6) is 17.2 Å². The number of fused-ring (bicyclic) bond motifs is 1. The third-order valence-electron chi connectivity index (χ3n) is 7.53. The second-order valence-corrected chi connectivity index (χ2v) is 11.2. The summed E-state index contributed by atoms with van der Waals surface area (Å²) in [6, 6.07) is 24.4. The van der Waals surface area contributed by atoms with E-state index >= 15 is 0 Å². The smallest absolute Gasteiger partial charge is 0.405 e. The van der Waals surface area contributed by atoms with Crippen LogP contribution in [0, 0.1) is 0 Å². The number of hydrogen-bond acceptors (Lipinski definition) is 8. The number of hydrogen-bond donors (Lipinski definition) is 7. The molecular weight excluding hydrogens is 640 g/mol. The number of aromatic amines is 1. The molecule has 0 aliphatic rings. The molecule has 0 aliphatic carbocycles. The Labute approximate surface area is 279 Å². The van der Waals surface area contributed by atoms with Gasteiger partial charge in [0.2, 0.25) is 5.56 Å². The number of phenolic OH excluding ortho intramolecular Hbond substituents is 1. The summed E-state index contributed by atoms with van der Waals surface area (Å²) in [6.07, 6.45) is -2.14. The van der Waals surface area contributed by atoms with Crippen molar-refractivity contribution < 1.29 is 34.4 Å². The molecule has 0 saturated heterocycles. The number of aromatic nitrogens is 1. The first-order chi connectivity index (χ1) is 23.1. The number of aliphatic hydroxyl groups is 1. The van der Waals surface area contributed by atoms with Crippen LogP contribution in [-0.4, -0.2) is 52.6 Å². The molecule has 1 heterocycles. The maximum Gasteiger partial charge on any atom is 0.405 e. The molecule has 4 aromatic carbocycles. The van der Waals surface area contributed by atoms with Crippen molar-refractivity contribution in [3.05, 3.63) is 129 Å². The lowest BCUT2D eigenvalue weighted by molar-refractivity contribution is -0.118. The number of anilines is 1. The van der Waals surface area contributed by atoms with Crippen LogP contribution in [0.3, 0.4) is 0 Å². The molecule has 0 saturated carbocycles. The van der Waals surface area contributed by atoms with E-state index in [-0.39, 0.29) is 41.5 Å². The number of benzene rings is 4. The third kappa shape index (κ3) is 8.23. The number of carboxylic acid groups (broad SMARTS) is 1. The van der Waals surface area contributed by atoms with E-state index in [9.17, 15) is 29.7 Å². The molecule has 0 fully saturated rings. The van der Waals surface area contributed by atoms with E-state index < -0.39 is 24.1 Å². The number of rotatable bonds is 13. The van der Waals surface area contributed by atoms with Gasteiger partial charge in [-0.3, -0.25) is 9.59 Å². The summed E-state index contributed by atoms with van der Waals surface area (Å²) in [7, 11) is 1.48. The number of amides is 2. The Balaban J connectivity index is 1.20. The highest BCUT2D eigenvalue weighted by atomic mass is 35.5. The molecule has 0 radical (unpaired) electrons. The van der Waals surface area contributed by atoms with Gasteiger partial charge in [-0.15, -0.1) is 0 Å². The number of ether oxygens (including phenoxy) is 2. The van der Waals surface area contributed by atoms with Crippen molar-refractivity contribution in [3.63, 3.8) is 0 Å². The van der Waals surface area contributed by atoms with Crippen molar-refractivity contribution in [2.24, 2.45) is 0 Å². The van der Waals surface area contributed by atoms with Crippen LogP contribution in [0.2, 0.25) is 5.02 Å². The lowest BCUT2D eigenvalue weighted by Crippen LogP contribution is -2.27. The summed E-state index contributed by atoms with van der Waals surface area (Å²) >= 11 is 6.51. The molecule has 2 amide bonds. The van der Waals surface area contributed by atoms with E-state index in [1.54, 1.807) is 48.5 Å². The molecule has 13 heteroatoms. The fourth-order valence-corrected chi connectivity index (χ4v) is 5.50. The van der Waals surface area contributed by atoms with Gasteiger partial charge < -0.3 is 45.7 Å². The monoisotopic (exact) mass is 672 g/mol. The van der Waals surface area contributed by atoms with E-state index in [4.69, 9.17) is 21.1 Å². The van der Waals surface area contributed by atoms with Crippen molar-refractivity contribution in [2.45, 2.75) is 18.7 Å². The minimum absolute atomic E-state index is 0.0959. The summed E-state index contributed by atoms with van der Waals surface area (Å²) in [4.78, 5) is 38.6. The fourth-order valence-electron chi connectivity index (χ4n) is 5.27. The molecule has 7 N–H and O–H groups in total. The minimum Gasteiger partial charge on any atom is -0.506 e. The molecule has 1 aromatic heterocycles. The lowest BCUT2D eigenvalue weighted by Gasteiger charge is -2.19. The van der Waals surface area contributed by atoms with Crippen LogP contribution >= 0.6 is 11.6 Å².